The number of aromatic nitrogens is 5. The molecule has 10 heteroatoms. The summed E-state index contributed by atoms with van der Waals surface area (Å²) in [6.45, 7) is -0.0285. The second-order valence-corrected chi connectivity index (χ2v) is 7.81. The van der Waals surface area contributed by atoms with Gasteiger partial charge in [-0.15, -0.1) is 21.5 Å². The van der Waals surface area contributed by atoms with Crippen molar-refractivity contribution >= 4 is 27.0 Å². The summed E-state index contributed by atoms with van der Waals surface area (Å²) in [5.74, 6) is 0.404. The van der Waals surface area contributed by atoms with Crippen LogP contribution in [0.5, 0.6) is 0 Å². The van der Waals surface area contributed by atoms with Crippen LogP contribution < -0.4 is 4.72 Å². The molecule has 0 unspecified atom stereocenters. The van der Waals surface area contributed by atoms with Crippen LogP contribution in [0.25, 0.3) is 16.2 Å². The smallest absolute Gasteiger partial charge is 0.242 e. The Labute approximate surface area is 147 Å². The summed E-state index contributed by atoms with van der Waals surface area (Å²) >= 11 is 1.57. The zero-order valence-corrected chi connectivity index (χ0v) is 14.4. The highest BCUT2D eigenvalue weighted by atomic mass is 32.2. The molecule has 0 bridgehead atoms. The summed E-state index contributed by atoms with van der Waals surface area (Å²) in [4.78, 5) is 4.93. The van der Waals surface area contributed by atoms with E-state index in [4.69, 9.17) is 0 Å². The van der Waals surface area contributed by atoms with Crippen molar-refractivity contribution in [1.29, 1.82) is 0 Å². The van der Waals surface area contributed by atoms with Crippen LogP contribution in [0.3, 0.4) is 0 Å². The maximum absolute atomic E-state index is 12.3. The molecule has 0 aromatic carbocycles. The second-order valence-electron chi connectivity index (χ2n) is 5.10. The molecule has 126 valence electrons. The van der Waals surface area contributed by atoms with Gasteiger partial charge in [-0.1, -0.05) is 6.07 Å². The zero-order valence-electron chi connectivity index (χ0n) is 12.8. The quantitative estimate of drug-likeness (QED) is 0.572. The highest BCUT2D eigenvalue weighted by Gasteiger charge is 2.16. The van der Waals surface area contributed by atoms with Gasteiger partial charge < -0.3 is 0 Å². The van der Waals surface area contributed by atoms with Gasteiger partial charge in [-0.2, -0.15) is 9.61 Å². The minimum atomic E-state index is -3.68. The molecule has 0 fully saturated rings. The number of rotatable bonds is 5. The Morgan fingerprint density at radius 3 is 2.80 bits per heavy atom. The highest BCUT2D eigenvalue weighted by Crippen LogP contribution is 2.22. The Balaban J connectivity index is 1.63. The summed E-state index contributed by atoms with van der Waals surface area (Å²) in [7, 11) is -3.68. The van der Waals surface area contributed by atoms with Crippen molar-refractivity contribution in [3.8, 4) is 10.6 Å². The molecule has 0 saturated heterocycles. The molecular weight excluding hydrogens is 360 g/mol. The largest absolute Gasteiger partial charge is 0.263 e. The lowest BCUT2D eigenvalue weighted by Crippen LogP contribution is -2.24. The molecule has 4 rings (SSSR count). The van der Waals surface area contributed by atoms with Crippen LogP contribution in [0.4, 0.5) is 0 Å². The summed E-state index contributed by atoms with van der Waals surface area (Å²) < 4.78 is 28.6. The van der Waals surface area contributed by atoms with Crippen molar-refractivity contribution in [2.45, 2.75) is 11.4 Å². The van der Waals surface area contributed by atoms with Gasteiger partial charge in [0, 0.05) is 12.4 Å². The van der Waals surface area contributed by atoms with Crippen molar-refractivity contribution in [2.24, 2.45) is 0 Å². The maximum atomic E-state index is 12.3. The van der Waals surface area contributed by atoms with Gasteiger partial charge in [0.1, 0.15) is 10.6 Å². The molecule has 0 saturated carbocycles. The van der Waals surface area contributed by atoms with Crippen LogP contribution in [0.2, 0.25) is 0 Å². The summed E-state index contributed by atoms with van der Waals surface area (Å²) in [6, 6.07) is 10.6. The van der Waals surface area contributed by atoms with Crippen molar-refractivity contribution in [2.75, 3.05) is 0 Å². The summed E-state index contributed by atoms with van der Waals surface area (Å²) in [6.07, 6.45) is 2.80. The molecule has 25 heavy (non-hydrogen) atoms. The Morgan fingerprint density at radius 2 is 2.04 bits per heavy atom. The van der Waals surface area contributed by atoms with Crippen LogP contribution in [0.15, 0.2) is 59.1 Å². The lowest BCUT2D eigenvalue weighted by atomic mass is 10.3. The average Bonchev–Trinajstić information content (AvgIpc) is 3.30. The fourth-order valence-electron chi connectivity index (χ4n) is 2.25. The number of nitrogens with zero attached hydrogens (tertiary/aromatic N) is 5. The SMILES string of the molecule is O=S(=O)(NCc1nnc2ccc(-c3cccs3)nn12)c1cccnc1. The van der Waals surface area contributed by atoms with Gasteiger partial charge in [0.2, 0.25) is 10.0 Å². The number of pyridine rings is 1. The van der Waals surface area contributed by atoms with Crippen LogP contribution in [-0.2, 0) is 16.6 Å². The third-order valence-corrected chi connectivity index (χ3v) is 5.74. The normalized spacial score (nSPS) is 11.8. The van der Waals surface area contributed by atoms with E-state index in [1.54, 1.807) is 28.0 Å². The number of hydrogen-bond donors (Lipinski definition) is 1. The van der Waals surface area contributed by atoms with Crippen LogP contribution in [0, 0.1) is 0 Å². The number of sulfonamides is 1. The third-order valence-electron chi connectivity index (χ3n) is 3.47. The van der Waals surface area contributed by atoms with E-state index in [-0.39, 0.29) is 11.4 Å². The standard InChI is InChI=1S/C15H12N6O2S2/c22-25(23,11-3-1-7-16-9-11)17-10-15-19-18-14-6-5-12(20-21(14)15)13-4-2-8-24-13/h1-9,17H,10H2. The average molecular weight is 372 g/mol. The topological polar surface area (TPSA) is 102 Å². The molecule has 0 aliphatic heterocycles. The maximum Gasteiger partial charge on any atom is 0.242 e. The van der Waals surface area contributed by atoms with E-state index >= 15 is 0 Å². The zero-order chi connectivity index (χ0) is 17.3. The van der Waals surface area contributed by atoms with E-state index < -0.39 is 10.0 Å². The monoisotopic (exact) mass is 372 g/mol. The first-order valence-electron chi connectivity index (χ1n) is 7.28. The predicted octanol–water partition coefficient (Wildman–Crippen LogP) is 1.73. The van der Waals surface area contributed by atoms with E-state index in [9.17, 15) is 8.42 Å². The highest BCUT2D eigenvalue weighted by molar-refractivity contribution is 7.89. The lowest BCUT2D eigenvalue weighted by Gasteiger charge is -2.05. The van der Waals surface area contributed by atoms with Gasteiger partial charge in [-0.25, -0.2) is 13.1 Å². The van der Waals surface area contributed by atoms with Crippen LogP contribution in [-0.4, -0.2) is 33.2 Å². The van der Waals surface area contributed by atoms with Gasteiger partial charge in [-0.05, 0) is 35.7 Å². The molecule has 4 aromatic heterocycles. The van der Waals surface area contributed by atoms with Crippen molar-refractivity contribution in [3.63, 3.8) is 0 Å². The van der Waals surface area contributed by atoms with Crippen LogP contribution >= 0.6 is 11.3 Å². The Kier molecular flexibility index (Phi) is 3.99. The van der Waals surface area contributed by atoms with Crippen LogP contribution in [0.1, 0.15) is 5.82 Å². The second kappa shape index (κ2) is 6.31. The van der Waals surface area contributed by atoms with E-state index in [2.05, 4.69) is 25.0 Å². The number of hydrogen-bond acceptors (Lipinski definition) is 7. The van der Waals surface area contributed by atoms with E-state index in [0.29, 0.717) is 11.5 Å². The lowest BCUT2D eigenvalue weighted by molar-refractivity contribution is 0.577. The van der Waals surface area contributed by atoms with Gasteiger partial charge in [0.05, 0.1) is 11.4 Å². The molecule has 4 heterocycles. The summed E-state index contributed by atoms with van der Waals surface area (Å²) in [5, 5.41) is 14.5. The minimum absolute atomic E-state index is 0.0285. The van der Waals surface area contributed by atoms with Gasteiger partial charge >= 0.3 is 0 Å². The van der Waals surface area contributed by atoms with Gasteiger partial charge in [-0.3, -0.25) is 4.98 Å². The Bertz CT molecular complexity index is 1110. The molecule has 0 radical (unpaired) electrons. The molecule has 0 aliphatic rings. The predicted molar refractivity (Wildman–Crippen MR) is 92.4 cm³/mol. The molecule has 0 amide bonds. The number of nitrogens with one attached hydrogen (secondary N) is 1. The fraction of sp³-hybridized carbons (Fsp3) is 0.0667. The molecular formula is C15H12N6O2S2. The van der Waals surface area contributed by atoms with Crippen molar-refractivity contribution in [3.05, 3.63) is 60.0 Å². The van der Waals surface area contributed by atoms with Crippen molar-refractivity contribution < 1.29 is 8.42 Å². The Hall–Kier alpha value is -2.69. The molecule has 4 aromatic rings. The van der Waals surface area contributed by atoms with Crippen molar-refractivity contribution in [1.82, 2.24) is 29.5 Å². The first-order valence-corrected chi connectivity index (χ1v) is 9.65. The number of fused-ring (bicyclic) bond motifs is 1. The molecule has 0 atom stereocenters. The molecule has 1 N–H and O–H groups in total. The van der Waals surface area contributed by atoms with E-state index in [1.165, 1.54) is 18.5 Å². The molecule has 8 nitrogen and oxygen atoms in total. The first-order chi connectivity index (χ1) is 12.1. The van der Waals surface area contributed by atoms with E-state index in [1.807, 2.05) is 23.6 Å². The van der Waals surface area contributed by atoms with Gasteiger partial charge in [0.25, 0.3) is 0 Å². The third kappa shape index (κ3) is 3.14. The first kappa shape index (κ1) is 15.8. The van der Waals surface area contributed by atoms with E-state index in [0.717, 1.165) is 10.6 Å². The minimum Gasteiger partial charge on any atom is -0.263 e. The molecule has 0 aliphatic carbocycles. The summed E-state index contributed by atoms with van der Waals surface area (Å²) in [5.41, 5.74) is 1.33. The van der Waals surface area contributed by atoms with Gasteiger partial charge in [0.15, 0.2) is 11.5 Å². The fourth-order valence-corrected chi connectivity index (χ4v) is 3.88. The Morgan fingerprint density at radius 1 is 1.12 bits per heavy atom. The molecule has 0 spiro atoms. The number of thiophene rings is 1.